The van der Waals surface area contributed by atoms with Crippen LogP contribution in [-0.4, -0.2) is 15.9 Å². The van der Waals surface area contributed by atoms with Crippen LogP contribution in [0.2, 0.25) is 0 Å². The summed E-state index contributed by atoms with van der Waals surface area (Å²) in [5.74, 6) is 1.07. The molecular weight excluding hydrogens is 346 g/mol. The van der Waals surface area contributed by atoms with Crippen molar-refractivity contribution in [2.75, 3.05) is 5.75 Å². The molecule has 0 radical (unpaired) electrons. The summed E-state index contributed by atoms with van der Waals surface area (Å²) < 4.78 is 0. The first-order chi connectivity index (χ1) is 11.9. The van der Waals surface area contributed by atoms with E-state index in [-0.39, 0.29) is 11.0 Å². The van der Waals surface area contributed by atoms with Crippen molar-refractivity contribution >= 4 is 28.3 Å². The highest BCUT2D eigenvalue weighted by atomic mass is 32.2. The van der Waals surface area contributed by atoms with E-state index in [1.54, 1.807) is 11.8 Å². The number of hydrogen-bond donors (Lipinski definition) is 1. The quantitative estimate of drug-likeness (QED) is 0.759. The molecule has 2 aliphatic rings. The number of rotatable bonds is 1. The van der Waals surface area contributed by atoms with Gasteiger partial charge in [-0.1, -0.05) is 38.6 Å². The minimum absolute atomic E-state index is 0.0629. The topological polar surface area (TPSA) is 51.3 Å². The summed E-state index contributed by atoms with van der Waals surface area (Å²) >= 11 is 3.58. The van der Waals surface area contributed by atoms with E-state index >= 15 is 0 Å². The molecule has 4 rings (SSSR count). The van der Waals surface area contributed by atoms with E-state index < -0.39 is 0 Å². The number of hydrogen-bond acceptors (Lipinski definition) is 5. The van der Waals surface area contributed by atoms with Crippen LogP contribution in [-0.2, 0) is 17.4 Å². The van der Waals surface area contributed by atoms with Crippen molar-refractivity contribution in [2.24, 2.45) is 10.7 Å². The van der Waals surface area contributed by atoms with Gasteiger partial charge in [-0.25, -0.2) is 0 Å². The average Bonchev–Trinajstić information content (AvgIpc) is 3.00. The third-order valence-electron chi connectivity index (χ3n) is 5.16. The maximum absolute atomic E-state index is 6.09. The average molecular weight is 372 g/mol. The van der Waals surface area contributed by atoms with Gasteiger partial charge in [-0.3, -0.25) is 9.98 Å². The Morgan fingerprint density at radius 2 is 2.04 bits per heavy atom. The number of aromatic nitrogens is 1. The smallest absolute Gasteiger partial charge is 0.154 e. The molecule has 0 saturated carbocycles. The Hall–Kier alpha value is -1.33. The van der Waals surface area contributed by atoms with E-state index in [0.29, 0.717) is 0 Å². The van der Waals surface area contributed by atoms with E-state index in [2.05, 4.69) is 45.0 Å². The van der Waals surface area contributed by atoms with Gasteiger partial charge in [0.1, 0.15) is 0 Å². The zero-order chi connectivity index (χ0) is 17.7. The van der Waals surface area contributed by atoms with Crippen molar-refractivity contribution in [1.82, 2.24) is 4.98 Å². The molecule has 0 amide bonds. The standard InChI is InChI=1S/C20H25N3S2/c1-19(2,3)17-8-4-6-14(22-17)16-12-13-15(25-16)7-5-9-20(13)10-11-24-18(21)23-20/h4,6,8,12H,5,7,9-11H2,1-3H3,(H2,21,23). The van der Waals surface area contributed by atoms with Crippen LogP contribution in [0.1, 0.15) is 56.2 Å². The molecule has 25 heavy (non-hydrogen) atoms. The summed E-state index contributed by atoms with van der Waals surface area (Å²) in [5, 5.41) is 0.750. The van der Waals surface area contributed by atoms with E-state index in [1.165, 1.54) is 21.7 Å². The molecule has 0 fully saturated rings. The van der Waals surface area contributed by atoms with Crippen LogP contribution in [0.4, 0.5) is 0 Å². The number of aryl methyl sites for hydroxylation is 1. The summed E-state index contributed by atoms with van der Waals surface area (Å²) in [4.78, 5) is 12.6. The van der Waals surface area contributed by atoms with Crippen molar-refractivity contribution in [3.8, 4) is 10.6 Å². The fraction of sp³-hybridized carbons (Fsp3) is 0.500. The van der Waals surface area contributed by atoms with Crippen molar-refractivity contribution in [2.45, 2.75) is 57.4 Å². The van der Waals surface area contributed by atoms with E-state index in [1.807, 2.05) is 11.3 Å². The lowest BCUT2D eigenvalue weighted by molar-refractivity contribution is 0.368. The maximum Gasteiger partial charge on any atom is 0.154 e. The Morgan fingerprint density at radius 1 is 1.20 bits per heavy atom. The fourth-order valence-electron chi connectivity index (χ4n) is 3.80. The second kappa shape index (κ2) is 6.13. The zero-order valence-corrected chi connectivity index (χ0v) is 16.8. The van der Waals surface area contributed by atoms with Crippen LogP contribution in [0.25, 0.3) is 10.6 Å². The number of nitrogens with two attached hydrogens (primary N) is 1. The van der Waals surface area contributed by atoms with Gasteiger partial charge < -0.3 is 5.73 Å². The Morgan fingerprint density at radius 3 is 2.80 bits per heavy atom. The van der Waals surface area contributed by atoms with Crippen LogP contribution in [0.5, 0.6) is 0 Å². The number of nitrogens with zero attached hydrogens (tertiary/aromatic N) is 2. The first kappa shape index (κ1) is 17.1. The number of thiophene rings is 1. The van der Waals surface area contributed by atoms with Crippen LogP contribution >= 0.6 is 23.1 Å². The molecule has 1 aliphatic heterocycles. The summed E-state index contributed by atoms with van der Waals surface area (Å²) in [6.45, 7) is 6.64. The minimum atomic E-state index is -0.0840. The summed E-state index contributed by atoms with van der Waals surface area (Å²) in [7, 11) is 0. The second-order valence-corrected chi connectivity index (χ2v) is 10.3. The molecule has 3 heterocycles. The number of amidine groups is 1. The van der Waals surface area contributed by atoms with Crippen LogP contribution in [0.15, 0.2) is 29.3 Å². The fourth-order valence-corrected chi connectivity index (χ4v) is 5.95. The van der Waals surface area contributed by atoms with Crippen molar-refractivity contribution < 1.29 is 0 Å². The highest BCUT2D eigenvalue weighted by Gasteiger charge is 2.39. The van der Waals surface area contributed by atoms with Crippen LogP contribution < -0.4 is 5.73 Å². The molecule has 3 nitrogen and oxygen atoms in total. The molecule has 2 aromatic rings. The van der Waals surface area contributed by atoms with Gasteiger partial charge in [-0.15, -0.1) is 11.3 Å². The molecule has 0 aromatic carbocycles. The van der Waals surface area contributed by atoms with Crippen molar-refractivity contribution in [3.63, 3.8) is 0 Å². The van der Waals surface area contributed by atoms with E-state index in [0.717, 1.165) is 41.6 Å². The summed E-state index contributed by atoms with van der Waals surface area (Å²) in [6.07, 6.45) is 4.57. The molecular formula is C20H25N3S2. The summed E-state index contributed by atoms with van der Waals surface area (Å²) in [6, 6.07) is 8.74. The third-order valence-corrected chi connectivity index (χ3v) is 7.18. The van der Waals surface area contributed by atoms with E-state index in [4.69, 9.17) is 15.7 Å². The van der Waals surface area contributed by atoms with Gasteiger partial charge in [0.05, 0.1) is 16.1 Å². The summed E-state index contributed by atoms with van der Waals surface area (Å²) in [5.41, 5.74) is 9.70. The maximum atomic E-state index is 6.09. The minimum Gasteiger partial charge on any atom is -0.379 e. The molecule has 1 atom stereocenters. The highest BCUT2D eigenvalue weighted by molar-refractivity contribution is 8.13. The third kappa shape index (κ3) is 3.13. The largest absolute Gasteiger partial charge is 0.379 e. The lowest BCUT2D eigenvalue weighted by Crippen LogP contribution is -2.34. The van der Waals surface area contributed by atoms with Gasteiger partial charge in [-0.05, 0) is 49.4 Å². The molecule has 0 bridgehead atoms. The van der Waals surface area contributed by atoms with Crippen LogP contribution in [0, 0.1) is 0 Å². The first-order valence-electron chi connectivity index (χ1n) is 8.97. The lowest BCUT2D eigenvalue weighted by Gasteiger charge is -2.36. The van der Waals surface area contributed by atoms with Gasteiger partial charge in [0.2, 0.25) is 0 Å². The van der Waals surface area contributed by atoms with Gasteiger partial charge in [0.25, 0.3) is 0 Å². The molecule has 1 aliphatic carbocycles. The second-order valence-electron chi connectivity index (χ2n) is 8.04. The predicted molar refractivity (Wildman–Crippen MR) is 110 cm³/mol. The number of thioether (sulfide) groups is 1. The number of aliphatic imine (C=N–C) groups is 1. The number of fused-ring (bicyclic) bond motifs is 2. The van der Waals surface area contributed by atoms with Gasteiger partial charge in [-0.2, -0.15) is 0 Å². The molecule has 2 aromatic heterocycles. The molecule has 1 unspecified atom stereocenters. The van der Waals surface area contributed by atoms with Gasteiger partial charge >= 0.3 is 0 Å². The van der Waals surface area contributed by atoms with Crippen molar-refractivity contribution in [1.29, 1.82) is 0 Å². The van der Waals surface area contributed by atoms with Crippen molar-refractivity contribution in [3.05, 3.63) is 40.4 Å². The monoisotopic (exact) mass is 371 g/mol. The number of pyridine rings is 1. The SMILES string of the molecule is CC(C)(C)c1cccc(-c2cc3c(s2)CCCC32CCSC(N)=N2)n1. The Labute approximate surface area is 158 Å². The Balaban J connectivity index is 1.78. The molecule has 2 N–H and O–H groups in total. The molecule has 5 heteroatoms. The van der Waals surface area contributed by atoms with Gasteiger partial charge in [0.15, 0.2) is 5.17 Å². The molecule has 0 saturated heterocycles. The van der Waals surface area contributed by atoms with Crippen LogP contribution in [0.3, 0.4) is 0 Å². The Kier molecular flexibility index (Phi) is 4.19. The lowest BCUT2D eigenvalue weighted by atomic mass is 9.78. The molecule has 132 valence electrons. The predicted octanol–water partition coefficient (Wildman–Crippen LogP) is 5.09. The molecule has 1 spiro atoms. The first-order valence-corrected chi connectivity index (χ1v) is 10.8. The highest BCUT2D eigenvalue weighted by Crippen LogP contribution is 2.48. The normalized spacial score (nSPS) is 23.4. The Bertz CT molecular complexity index is 832. The zero-order valence-electron chi connectivity index (χ0n) is 15.1. The van der Waals surface area contributed by atoms with Gasteiger partial charge in [0, 0.05) is 21.7 Å². The van der Waals surface area contributed by atoms with E-state index in [9.17, 15) is 0 Å².